The number of aliphatic carboxylic acids is 1. The van der Waals surface area contributed by atoms with Gasteiger partial charge >= 0.3 is 12.0 Å². The number of primary amides is 1. The summed E-state index contributed by atoms with van der Waals surface area (Å²) >= 11 is 0. The Morgan fingerprint density at radius 2 is 1.34 bits per heavy atom. The number of nitrogens with one attached hydrogen (secondary N) is 5. The van der Waals surface area contributed by atoms with Gasteiger partial charge in [0.15, 0.2) is 5.78 Å². The highest BCUT2D eigenvalue weighted by Gasteiger charge is 2.42. The highest BCUT2D eigenvalue weighted by molar-refractivity contribution is 5.93. The first-order valence-corrected chi connectivity index (χ1v) is 19.2. The Balaban J connectivity index is 3.11. The summed E-state index contributed by atoms with van der Waals surface area (Å²) < 4.78 is 0. The third-order valence-electron chi connectivity index (χ3n) is 9.49. The van der Waals surface area contributed by atoms with E-state index < -0.39 is 47.5 Å². The van der Waals surface area contributed by atoms with E-state index in [1.807, 2.05) is 13.8 Å². The lowest BCUT2D eigenvalue weighted by Crippen LogP contribution is -2.63. The predicted octanol–water partition coefficient (Wildman–Crippen LogP) is 5.32. The van der Waals surface area contributed by atoms with Gasteiger partial charge in [0.05, 0.1) is 11.6 Å². The number of carboxylic acids is 1. The smallest absolute Gasteiger partial charge is 0.326 e. The van der Waals surface area contributed by atoms with Crippen molar-refractivity contribution >= 4 is 29.6 Å². The first kappa shape index (κ1) is 45.3. The van der Waals surface area contributed by atoms with Gasteiger partial charge in [-0.3, -0.25) is 19.7 Å². The fourth-order valence-corrected chi connectivity index (χ4v) is 6.54. The number of Topliss-reactive ketones (excluding diaryl/α,β-unsaturated/α-hetero) is 1. The summed E-state index contributed by atoms with van der Waals surface area (Å²) in [5.41, 5.74) is 4.61. The predicted molar refractivity (Wildman–Crippen MR) is 200 cm³/mol. The number of hydrogen-bond acceptors (Lipinski definition) is 7. The maximum atomic E-state index is 14.0. The van der Waals surface area contributed by atoms with Crippen LogP contribution in [0, 0.1) is 11.3 Å². The van der Waals surface area contributed by atoms with E-state index in [9.17, 15) is 29.1 Å². The summed E-state index contributed by atoms with van der Waals surface area (Å²) in [7, 11) is 0. The van der Waals surface area contributed by atoms with Gasteiger partial charge in [0.1, 0.15) is 12.1 Å². The molecule has 12 heteroatoms. The maximum absolute atomic E-state index is 14.0. The van der Waals surface area contributed by atoms with Crippen LogP contribution in [0.1, 0.15) is 158 Å². The number of unbranched alkanes of at least 4 members (excludes halogenated alkanes) is 3. The molecule has 290 valence electrons. The average Bonchev–Trinajstić information content (AvgIpc) is 3.25. The molecule has 1 aliphatic carbocycles. The van der Waals surface area contributed by atoms with E-state index in [1.54, 1.807) is 0 Å². The van der Waals surface area contributed by atoms with Gasteiger partial charge in [-0.25, -0.2) is 9.59 Å². The van der Waals surface area contributed by atoms with Crippen molar-refractivity contribution in [3.05, 3.63) is 0 Å². The van der Waals surface area contributed by atoms with Gasteiger partial charge in [-0.2, -0.15) is 0 Å². The molecule has 1 rings (SSSR count). The molecule has 0 unspecified atom stereocenters. The van der Waals surface area contributed by atoms with E-state index in [0.29, 0.717) is 32.1 Å². The molecule has 0 aromatic heterocycles. The minimum absolute atomic E-state index is 0.0486. The Labute approximate surface area is 302 Å². The van der Waals surface area contributed by atoms with Crippen LogP contribution in [0.25, 0.3) is 0 Å². The first-order chi connectivity index (χ1) is 23.3. The second-order valence-corrected chi connectivity index (χ2v) is 17.0. The number of hydrogen-bond donors (Lipinski definition) is 7. The number of carbonyl (C=O) groups is 5. The summed E-state index contributed by atoms with van der Waals surface area (Å²) in [5.74, 6) is -2.19. The van der Waals surface area contributed by atoms with Gasteiger partial charge in [-0.15, -0.1) is 0 Å². The molecular weight excluding hydrogens is 636 g/mol. The molecule has 1 fully saturated rings. The molecule has 3 atom stereocenters. The van der Waals surface area contributed by atoms with E-state index in [-0.39, 0.29) is 42.0 Å². The highest BCUT2D eigenvalue weighted by atomic mass is 16.4. The molecule has 0 radical (unpaired) electrons. The molecule has 0 spiro atoms. The van der Waals surface area contributed by atoms with Crippen molar-refractivity contribution in [2.24, 2.45) is 17.1 Å². The highest BCUT2D eigenvalue weighted by Crippen LogP contribution is 2.31. The third kappa shape index (κ3) is 19.0. The van der Waals surface area contributed by atoms with E-state index in [2.05, 4.69) is 68.1 Å². The van der Waals surface area contributed by atoms with Gasteiger partial charge in [0.2, 0.25) is 11.8 Å². The standard InChI is InChI=1S/C38H72N6O6/c1-27(2)31(44-38(23-15-9-10-16-24-38)30(45)21-12-11-14-22-36(3,4)5)33(47)42-28(20-18-25-40-35(39)50)32(46)43-29(34(48)49)19-13-17-26-41-37(6,7)8/h27-29,31,41,44H,9-26H2,1-8H3,(H,42,47)(H,43,46)(H,48,49)(H3,39,40,50)/t28-,29+,31-/m0/s1. The minimum Gasteiger partial charge on any atom is -0.480 e. The summed E-state index contributed by atoms with van der Waals surface area (Å²) in [6.07, 6.45) is 11.7. The van der Waals surface area contributed by atoms with Crippen molar-refractivity contribution in [2.75, 3.05) is 13.1 Å². The lowest BCUT2D eigenvalue weighted by molar-refractivity contribution is -0.142. The number of nitrogens with two attached hydrogens (primary N) is 1. The van der Waals surface area contributed by atoms with Crippen molar-refractivity contribution in [3.63, 3.8) is 0 Å². The van der Waals surface area contributed by atoms with Crippen LogP contribution >= 0.6 is 0 Å². The molecule has 4 amide bonds. The molecule has 0 aromatic carbocycles. The topological polar surface area (TPSA) is 192 Å². The number of rotatable bonds is 23. The summed E-state index contributed by atoms with van der Waals surface area (Å²) in [6.45, 7) is 17.6. The molecule has 1 saturated carbocycles. The molecule has 0 bridgehead atoms. The first-order valence-electron chi connectivity index (χ1n) is 19.2. The number of carbonyl (C=O) groups excluding carboxylic acids is 4. The zero-order chi connectivity index (χ0) is 38.0. The quantitative estimate of drug-likeness (QED) is 0.0548. The van der Waals surface area contributed by atoms with Crippen molar-refractivity contribution in [1.82, 2.24) is 26.6 Å². The monoisotopic (exact) mass is 709 g/mol. The third-order valence-corrected chi connectivity index (χ3v) is 9.49. The second kappa shape index (κ2) is 22.3. The van der Waals surface area contributed by atoms with E-state index >= 15 is 0 Å². The molecule has 8 N–H and O–H groups in total. The fraction of sp³-hybridized carbons (Fsp3) is 0.868. The van der Waals surface area contributed by atoms with Crippen LogP contribution in [0.3, 0.4) is 0 Å². The second-order valence-electron chi connectivity index (χ2n) is 17.0. The van der Waals surface area contributed by atoms with Crippen molar-refractivity contribution in [2.45, 2.75) is 187 Å². The summed E-state index contributed by atoms with van der Waals surface area (Å²) in [6, 6.07) is -3.61. The Morgan fingerprint density at radius 1 is 0.740 bits per heavy atom. The van der Waals surface area contributed by atoms with Crippen LogP contribution in [-0.4, -0.2) is 77.0 Å². The minimum atomic E-state index is -1.14. The largest absolute Gasteiger partial charge is 0.480 e. The fourth-order valence-electron chi connectivity index (χ4n) is 6.54. The Hall–Kier alpha value is -2.73. The molecule has 0 heterocycles. The zero-order valence-electron chi connectivity index (χ0n) is 32.6. The Kier molecular flexibility index (Phi) is 20.2. The number of amides is 4. The van der Waals surface area contributed by atoms with Crippen LogP contribution in [0.2, 0.25) is 0 Å². The lowest BCUT2D eigenvalue weighted by atomic mass is 9.81. The van der Waals surface area contributed by atoms with Gasteiger partial charge < -0.3 is 32.1 Å². The summed E-state index contributed by atoms with van der Waals surface area (Å²) in [5, 5.41) is 24.8. The normalized spacial score (nSPS) is 16.9. The van der Waals surface area contributed by atoms with Crippen LogP contribution in [0.15, 0.2) is 0 Å². The molecule has 0 saturated heterocycles. The molecule has 12 nitrogen and oxygen atoms in total. The Bertz CT molecular complexity index is 1060. The van der Waals surface area contributed by atoms with Crippen molar-refractivity contribution < 1.29 is 29.1 Å². The molecule has 0 aromatic rings. The lowest BCUT2D eigenvalue weighted by Gasteiger charge is -2.38. The summed E-state index contributed by atoms with van der Waals surface area (Å²) in [4.78, 5) is 64.9. The van der Waals surface area contributed by atoms with Crippen LogP contribution in [0.4, 0.5) is 4.79 Å². The Morgan fingerprint density at radius 3 is 1.88 bits per heavy atom. The van der Waals surface area contributed by atoms with E-state index in [4.69, 9.17) is 5.73 Å². The molecule has 1 aliphatic rings. The number of ketones is 1. The van der Waals surface area contributed by atoms with Crippen LogP contribution in [0.5, 0.6) is 0 Å². The number of carboxylic acid groups (broad SMARTS) is 1. The van der Waals surface area contributed by atoms with Gasteiger partial charge in [-0.1, -0.05) is 73.1 Å². The number of urea groups is 1. The van der Waals surface area contributed by atoms with Crippen LogP contribution < -0.4 is 32.3 Å². The van der Waals surface area contributed by atoms with Crippen LogP contribution in [-0.2, 0) is 19.2 Å². The van der Waals surface area contributed by atoms with E-state index in [1.165, 1.54) is 0 Å². The SMILES string of the molecule is CC(C)[C@H](NC1(C(=O)CCCCCC(C)(C)C)CCCCCC1)C(=O)N[C@@H](CCCNC(N)=O)C(=O)N[C@H](CCCCNC(C)(C)C)C(=O)O. The average molecular weight is 709 g/mol. The van der Waals surface area contributed by atoms with Crippen molar-refractivity contribution in [3.8, 4) is 0 Å². The van der Waals surface area contributed by atoms with Gasteiger partial charge in [0, 0.05) is 18.5 Å². The zero-order valence-corrected chi connectivity index (χ0v) is 32.6. The van der Waals surface area contributed by atoms with Gasteiger partial charge in [-0.05, 0) is 96.4 Å². The molecular formula is C38H72N6O6. The van der Waals surface area contributed by atoms with E-state index in [0.717, 1.165) is 64.3 Å². The maximum Gasteiger partial charge on any atom is 0.326 e. The van der Waals surface area contributed by atoms with Crippen molar-refractivity contribution in [1.29, 1.82) is 0 Å². The molecule has 50 heavy (non-hydrogen) atoms. The molecule has 0 aliphatic heterocycles. The van der Waals surface area contributed by atoms with Gasteiger partial charge in [0.25, 0.3) is 0 Å².